The number of amidine groups is 1. The van der Waals surface area contributed by atoms with E-state index in [9.17, 15) is 9.59 Å². The fourth-order valence-electron chi connectivity index (χ4n) is 4.02. The third kappa shape index (κ3) is 7.46. The molecule has 204 valence electrons. The molecule has 1 heterocycles. The monoisotopic (exact) mass is 567 g/mol. The van der Waals surface area contributed by atoms with Crippen LogP contribution in [0.2, 0.25) is 5.02 Å². The van der Waals surface area contributed by atoms with Crippen molar-refractivity contribution in [1.82, 2.24) is 4.90 Å². The van der Waals surface area contributed by atoms with E-state index in [-0.39, 0.29) is 18.2 Å². The number of methoxy groups -OCH3 is 2. The van der Waals surface area contributed by atoms with Gasteiger partial charge < -0.3 is 19.5 Å². The predicted octanol–water partition coefficient (Wildman–Crippen LogP) is 5.96. The van der Waals surface area contributed by atoms with E-state index in [1.54, 1.807) is 55.5 Å². The molecule has 0 spiro atoms. The van der Waals surface area contributed by atoms with E-state index in [0.717, 1.165) is 5.56 Å². The number of amides is 2. The van der Waals surface area contributed by atoms with Crippen molar-refractivity contribution in [2.75, 3.05) is 32.7 Å². The number of aliphatic imine (C=N–C) groups is 1. The number of nitrogens with one attached hydrogen (secondary N) is 1. The smallest absolute Gasteiger partial charge is 0.238 e. The molecule has 0 aliphatic carbocycles. The zero-order chi connectivity index (χ0) is 27.8. The summed E-state index contributed by atoms with van der Waals surface area (Å²) in [4.78, 5) is 32.9. The zero-order valence-electron chi connectivity index (χ0n) is 22.0. The lowest BCUT2D eigenvalue weighted by Crippen LogP contribution is -2.46. The van der Waals surface area contributed by atoms with Crippen molar-refractivity contribution in [1.29, 1.82) is 0 Å². The summed E-state index contributed by atoms with van der Waals surface area (Å²) in [7, 11) is 3.17. The third-order valence-electron chi connectivity index (χ3n) is 5.97. The van der Waals surface area contributed by atoms with E-state index < -0.39 is 5.25 Å². The molecule has 3 aromatic rings. The molecule has 1 saturated heterocycles. The van der Waals surface area contributed by atoms with Crippen LogP contribution in [-0.2, 0) is 16.0 Å². The van der Waals surface area contributed by atoms with Crippen LogP contribution in [0.25, 0.3) is 0 Å². The number of halogens is 1. The van der Waals surface area contributed by atoms with Crippen LogP contribution >= 0.6 is 23.4 Å². The van der Waals surface area contributed by atoms with Crippen molar-refractivity contribution in [2.45, 2.75) is 25.0 Å². The van der Waals surface area contributed by atoms with Crippen molar-refractivity contribution in [3.05, 3.63) is 77.3 Å². The fraction of sp³-hybridized carbons (Fsp3) is 0.276. The van der Waals surface area contributed by atoms with Gasteiger partial charge in [-0.3, -0.25) is 14.5 Å². The lowest BCUT2D eigenvalue weighted by Gasteiger charge is -2.32. The first kappa shape index (κ1) is 28.3. The molecule has 8 nitrogen and oxygen atoms in total. The van der Waals surface area contributed by atoms with Crippen LogP contribution in [0.4, 0.5) is 11.4 Å². The molecule has 1 N–H and O–H groups in total. The second kappa shape index (κ2) is 13.4. The van der Waals surface area contributed by atoms with Gasteiger partial charge in [0.25, 0.3) is 0 Å². The van der Waals surface area contributed by atoms with E-state index >= 15 is 0 Å². The topological polar surface area (TPSA) is 89.5 Å². The molecule has 1 aliphatic rings. The Labute approximate surface area is 237 Å². The Bertz CT molecular complexity index is 1350. The number of thioether (sulfide) groups is 1. The summed E-state index contributed by atoms with van der Waals surface area (Å²) >= 11 is 7.31. The normalized spacial score (nSPS) is 16.2. The molecule has 10 heteroatoms. The van der Waals surface area contributed by atoms with E-state index in [1.807, 2.05) is 37.3 Å². The van der Waals surface area contributed by atoms with Crippen LogP contribution in [0.5, 0.6) is 17.2 Å². The number of carbonyl (C=O) groups excluding carboxylic acids is 2. The molecular weight excluding hydrogens is 538 g/mol. The lowest BCUT2D eigenvalue weighted by molar-refractivity contribution is -0.129. The maximum Gasteiger partial charge on any atom is 0.238 e. The maximum absolute atomic E-state index is 13.4. The Morgan fingerprint density at radius 3 is 2.56 bits per heavy atom. The van der Waals surface area contributed by atoms with E-state index in [0.29, 0.717) is 58.4 Å². The highest BCUT2D eigenvalue weighted by Gasteiger charge is 2.36. The van der Waals surface area contributed by atoms with Gasteiger partial charge in [0.05, 0.1) is 26.5 Å². The van der Waals surface area contributed by atoms with Crippen LogP contribution in [-0.4, -0.2) is 54.5 Å². The van der Waals surface area contributed by atoms with Crippen LogP contribution in [0.3, 0.4) is 0 Å². The SMILES string of the molecule is CCOc1cccc(NC(=O)C2CC(=O)N(CCc3ccc(OC)c(OC)c3)C(=Nc3ccc(Cl)cc3)S2)c1. The molecule has 2 amide bonds. The van der Waals surface area contributed by atoms with Gasteiger partial charge in [0.2, 0.25) is 11.8 Å². The second-order valence-corrected chi connectivity index (χ2v) is 10.2. The molecule has 0 radical (unpaired) electrons. The number of nitrogens with zero attached hydrogens (tertiary/aromatic N) is 2. The van der Waals surface area contributed by atoms with Gasteiger partial charge in [0.1, 0.15) is 11.0 Å². The summed E-state index contributed by atoms with van der Waals surface area (Å²) in [6.07, 6.45) is 0.612. The van der Waals surface area contributed by atoms with Crippen molar-refractivity contribution in [3.8, 4) is 17.2 Å². The van der Waals surface area contributed by atoms with Gasteiger partial charge in [-0.15, -0.1) is 0 Å². The summed E-state index contributed by atoms with van der Waals surface area (Å²) in [5.74, 6) is 1.47. The molecule has 1 unspecified atom stereocenters. The summed E-state index contributed by atoms with van der Waals surface area (Å²) in [5.41, 5.74) is 2.22. The highest BCUT2D eigenvalue weighted by atomic mass is 35.5. The van der Waals surface area contributed by atoms with Gasteiger partial charge >= 0.3 is 0 Å². The Balaban J connectivity index is 1.54. The van der Waals surface area contributed by atoms with Crippen molar-refractivity contribution >= 4 is 51.7 Å². The first-order chi connectivity index (χ1) is 18.9. The summed E-state index contributed by atoms with van der Waals surface area (Å²) in [5, 5.41) is 3.31. The van der Waals surface area contributed by atoms with E-state index in [2.05, 4.69) is 5.32 Å². The first-order valence-corrected chi connectivity index (χ1v) is 13.7. The number of hydrogen-bond acceptors (Lipinski definition) is 7. The third-order valence-corrected chi connectivity index (χ3v) is 7.41. The lowest BCUT2D eigenvalue weighted by atomic mass is 10.1. The first-order valence-electron chi connectivity index (χ1n) is 12.5. The zero-order valence-corrected chi connectivity index (χ0v) is 23.6. The van der Waals surface area contributed by atoms with Gasteiger partial charge in [-0.2, -0.15) is 0 Å². The highest BCUT2D eigenvalue weighted by Crippen LogP contribution is 2.32. The van der Waals surface area contributed by atoms with Gasteiger partial charge in [-0.25, -0.2) is 4.99 Å². The standard InChI is InChI=1S/C29H30ClN3O5S/c1-4-38-23-7-5-6-22(17-23)31-28(35)26-18-27(34)33(29(39-26)32-21-11-9-20(30)10-12-21)15-14-19-8-13-24(36-2)25(16-19)37-3/h5-13,16-17,26H,4,14-15,18H2,1-3H3,(H,31,35). The largest absolute Gasteiger partial charge is 0.494 e. The molecule has 1 atom stereocenters. The molecular formula is C29H30ClN3O5S. The van der Waals surface area contributed by atoms with Crippen LogP contribution in [0, 0.1) is 0 Å². The number of anilines is 1. The van der Waals surface area contributed by atoms with Gasteiger partial charge in [-0.1, -0.05) is 35.5 Å². The highest BCUT2D eigenvalue weighted by molar-refractivity contribution is 8.15. The van der Waals surface area contributed by atoms with Crippen LogP contribution in [0.15, 0.2) is 71.7 Å². The summed E-state index contributed by atoms with van der Waals surface area (Å²) in [6.45, 7) is 2.81. The Morgan fingerprint density at radius 2 is 1.85 bits per heavy atom. The quantitative estimate of drug-likeness (QED) is 0.325. The number of carbonyl (C=O) groups is 2. The van der Waals surface area contributed by atoms with Gasteiger partial charge in [-0.05, 0) is 67.4 Å². The summed E-state index contributed by atoms with van der Waals surface area (Å²) in [6, 6.07) is 19.9. The minimum Gasteiger partial charge on any atom is -0.494 e. The number of benzene rings is 3. The van der Waals surface area contributed by atoms with Crippen LogP contribution in [0.1, 0.15) is 18.9 Å². The number of rotatable bonds is 10. The minimum absolute atomic E-state index is 0.0488. The minimum atomic E-state index is -0.642. The molecule has 3 aromatic carbocycles. The molecule has 4 rings (SSSR count). The molecule has 0 aromatic heterocycles. The molecule has 0 bridgehead atoms. The predicted molar refractivity (Wildman–Crippen MR) is 156 cm³/mol. The van der Waals surface area contributed by atoms with Gasteiger partial charge in [0, 0.05) is 29.7 Å². The second-order valence-electron chi connectivity index (χ2n) is 8.62. The fourth-order valence-corrected chi connectivity index (χ4v) is 5.27. The van der Waals surface area contributed by atoms with Crippen LogP contribution < -0.4 is 19.5 Å². The Morgan fingerprint density at radius 1 is 1.08 bits per heavy atom. The molecule has 0 saturated carbocycles. The average molecular weight is 568 g/mol. The van der Waals surface area contributed by atoms with E-state index in [4.69, 9.17) is 30.8 Å². The maximum atomic E-state index is 13.4. The Kier molecular flexibility index (Phi) is 9.73. The number of ether oxygens (including phenoxy) is 3. The average Bonchev–Trinajstić information content (AvgIpc) is 2.94. The van der Waals surface area contributed by atoms with Crippen molar-refractivity contribution < 1.29 is 23.8 Å². The summed E-state index contributed by atoms with van der Waals surface area (Å²) < 4.78 is 16.3. The van der Waals surface area contributed by atoms with Gasteiger partial charge in [0.15, 0.2) is 16.7 Å². The molecule has 1 aliphatic heterocycles. The Hall–Kier alpha value is -3.69. The molecule has 39 heavy (non-hydrogen) atoms. The van der Waals surface area contributed by atoms with E-state index in [1.165, 1.54) is 11.8 Å². The number of hydrogen-bond donors (Lipinski definition) is 1. The molecule has 1 fully saturated rings. The van der Waals surface area contributed by atoms with Crippen molar-refractivity contribution in [3.63, 3.8) is 0 Å². The van der Waals surface area contributed by atoms with Crippen molar-refractivity contribution in [2.24, 2.45) is 4.99 Å².